The highest BCUT2D eigenvalue weighted by Gasteiger charge is 2.20. The topological polar surface area (TPSA) is 41.6 Å². The Hall–Kier alpha value is -0.610. The van der Waals surface area contributed by atoms with E-state index in [0.29, 0.717) is 25.7 Å². The molecule has 0 radical (unpaired) electrons. The standard InChI is InChI=1S/C11H22N2O2.CH4/c1-3-15-9-6-11(14)13-7-4-10(12-2)5-8-13;/h10,12H,3-9H2,1-2H3;1H4. The summed E-state index contributed by atoms with van der Waals surface area (Å²) in [5.74, 6) is 0.234. The Bertz CT molecular complexity index is 189. The van der Waals surface area contributed by atoms with Gasteiger partial charge in [0.15, 0.2) is 0 Å². The van der Waals surface area contributed by atoms with E-state index in [1.54, 1.807) is 0 Å². The van der Waals surface area contributed by atoms with Crippen molar-refractivity contribution >= 4 is 5.91 Å². The molecule has 0 aromatic rings. The molecule has 1 fully saturated rings. The molecule has 1 aliphatic heterocycles. The van der Waals surface area contributed by atoms with Crippen LogP contribution in [0.2, 0.25) is 0 Å². The normalized spacial score (nSPS) is 17.0. The number of hydrogen-bond acceptors (Lipinski definition) is 3. The number of ether oxygens (including phenoxy) is 1. The first-order valence-electron chi connectivity index (χ1n) is 5.80. The van der Waals surface area contributed by atoms with E-state index in [4.69, 9.17) is 4.74 Å². The maximum Gasteiger partial charge on any atom is 0.224 e. The average Bonchev–Trinajstić information content (AvgIpc) is 2.29. The number of hydrogen-bond donors (Lipinski definition) is 1. The quantitative estimate of drug-likeness (QED) is 0.723. The molecule has 1 heterocycles. The first-order valence-corrected chi connectivity index (χ1v) is 5.80. The molecular weight excluding hydrogens is 204 g/mol. The van der Waals surface area contributed by atoms with Gasteiger partial charge in [-0.1, -0.05) is 7.43 Å². The van der Waals surface area contributed by atoms with Crippen molar-refractivity contribution in [3.8, 4) is 0 Å². The Labute approximate surface area is 99.3 Å². The highest BCUT2D eigenvalue weighted by atomic mass is 16.5. The lowest BCUT2D eigenvalue weighted by atomic mass is 10.1. The Morgan fingerprint density at radius 1 is 1.44 bits per heavy atom. The molecular formula is C12H26N2O2. The molecule has 1 N–H and O–H groups in total. The van der Waals surface area contributed by atoms with E-state index in [0.717, 1.165) is 25.9 Å². The fraction of sp³-hybridized carbons (Fsp3) is 0.917. The number of carbonyl (C=O) groups excluding carboxylic acids is 1. The molecule has 0 saturated carbocycles. The van der Waals surface area contributed by atoms with Crippen LogP contribution in [0.3, 0.4) is 0 Å². The third-order valence-corrected chi connectivity index (χ3v) is 2.92. The van der Waals surface area contributed by atoms with Crippen molar-refractivity contribution in [2.24, 2.45) is 0 Å². The van der Waals surface area contributed by atoms with E-state index < -0.39 is 0 Å². The zero-order chi connectivity index (χ0) is 11.1. The van der Waals surface area contributed by atoms with Crippen molar-refractivity contribution in [1.29, 1.82) is 0 Å². The monoisotopic (exact) mass is 230 g/mol. The van der Waals surface area contributed by atoms with Crippen LogP contribution in [-0.4, -0.2) is 50.2 Å². The van der Waals surface area contributed by atoms with Gasteiger partial charge < -0.3 is 15.0 Å². The van der Waals surface area contributed by atoms with Crippen LogP contribution in [0.15, 0.2) is 0 Å². The van der Waals surface area contributed by atoms with Gasteiger partial charge in [0.05, 0.1) is 13.0 Å². The molecule has 0 aliphatic carbocycles. The van der Waals surface area contributed by atoms with E-state index in [1.807, 2.05) is 18.9 Å². The van der Waals surface area contributed by atoms with Crippen molar-refractivity contribution in [1.82, 2.24) is 10.2 Å². The van der Waals surface area contributed by atoms with Crippen LogP contribution in [0.25, 0.3) is 0 Å². The lowest BCUT2D eigenvalue weighted by Gasteiger charge is -2.31. The summed E-state index contributed by atoms with van der Waals surface area (Å²) in [6.07, 6.45) is 2.66. The Morgan fingerprint density at radius 3 is 2.56 bits per heavy atom. The van der Waals surface area contributed by atoms with Crippen LogP contribution < -0.4 is 5.32 Å². The van der Waals surface area contributed by atoms with Crippen LogP contribution in [0, 0.1) is 0 Å². The highest BCUT2D eigenvalue weighted by Crippen LogP contribution is 2.10. The van der Waals surface area contributed by atoms with Crippen molar-refractivity contribution in [3.05, 3.63) is 0 Å². The van der Waals surface area contributed by atoms with E-state index in [2.05, 4.69) is 5.32 Å². The zero-order valence-corrected chi connectivity index (χ0v) is 9.79. The molecule has 0 aromatic carbocycles. The van der Waals surface area contributed by atoms with E-state index in [9.17, 15) is 4.79 Å². The van der Waals surface area contributed by atoms with E-state index >= 15 is 0 Å². The minimum atomic E-state index is 0. The van der Waals surface area contributed by atoms with Crippen molar-refractivity contribution in [2.45, 2.75) is 39.7 Å². The third-order valence-electron chi connectivity index (χ3n) is 2.92. The molecule has 1 aliphatic rings. The van der Waals surface area contributed by atoms with Gasteiger partial charge >= 0.3 is 0 Å². The van der Waals surface area contributed by atoms with Crippen molar-refractivity contribution in [2.75, 3.05) is 33.4 Å². The number of rotatable bonds is 5. The molecule has 4 nitrogen and oxygen atoms in total. The minimum Gasteiger partial charge on any atom is -0.381 e. The highest BCUT2D eigenvalue weighted by molar-refractivity contribution is 5.76. The number of carbonyl (C=O) groups is 1. The van der Waals surface area contributed by atoms with Gasteiger partial charge in [-0.3, -0.25) is 4.79 Å². The second-order valence-corrected chi connectivity index (χ2v) is 3.89. The molecule has 0 unspecified atom stereocenters. The largest absolute Gasteiger partial charge is 0.381 e. The number of likely N-dealkylation sites (tertiary alicyclic amines) is 1. The third kappa shape index (κ3) is 4.94. The molecule has 0 spiro atoms. The molecule has 1 saturated heterocycles. The smallest absolute Gasteiger partial charge is 0.224 e. The van der Waals surface area contributed by atoms with Gasteiger partial charge in [-0.25, -0.2) is 0 Å². The fourth-order valence-electron chi connectivity index (χ4n) is 1.88. The first-order chi connectivity index (χ1) is 7.27. The predicted molar refractivity (Wildman–Crippen MR) is 66.5 cm³/mol. The lowest BCUT2D eigenvalue weighted by Crippen LogP contribution is -2.44. The van der Waals surface area contributed by atoms with E-state index in [1.165, 1.54) is 0 Å². The van der Waals surface area contributed by atoms with Crippen LogP contribution in [0.1, 0.15) is 33.6 Å². The van der Waals surface area contributed by atoms with Gasteiger partial charge in [0.1, 0.15) is 0 Å². The van der Waals surface area contributed by atoms with Crippen molar-refractivity contribution in [3.63, 3.8) is 0 Å². The van der Waals surface area contributed by atoms with Crippen LogP contribution in [0.5, 0.6) is 0 Å². The summed E-state index contributed by atoms with van der Waals surface area (Å²) in [4.78, 5) is 13.6. The Morgan fingerprint density at radius 2 is 2.06 bits per heavy atom. The summed E-state index contributed by atoms with van der Waals surface area (Å²) >= 11 is 0. The number of amides is 1. The molecule has 0 bridgehead atoms. The second-order valence-electron chi connectivity index (χ2n) is 3.89. The summed E-state index contributed by atoms with van der Waals surface area (Å²) in [6, 6.07) is 0.584. The molecule has 16 heavy (non-hydrogen) atoms. The number of piperidine rings is 1. The summed E-state index contributed by atoms with van der Waals surface area (Å²) < 4.78 is 5.18. The van der Waals surface area contributed by atoms with Gasteiger partial charge in [-0.15, -0.1) is 0 Å². The molecule has 1 rings (SSSR count). The van der Waals surface area contributed by atoms with Crippen LogP contribution in [0.4, 0.5) is 0 Å². The van der Waals surface area contributed by atoms with Crippen LogP contribution >= 0.6 is 0 Å². The fourth-order valence-corrected chi connectivity index (χ4v) is 1.88. The molecule has 4 heteroatoms. The van der Waals surface area contributed by atoms with E-state index in [-0.39, 0.29) is 13.3 Å². The SMILES string of the molecule is C.CCOCCC(=O)N1CCC(NC)CC1. The maximum atomic E-state index is 11.7. The minimum absolute atomic E-state index is 0. The predicted octanol–water partition coefficient (Wildman–Crippen LogP) is 1.26. The van der Waals surface area contributed by atoms with Gasteiger partial charge in [0.2, 0.25) is 5.91 Å². The number of nitrogens with zero attached hydrogens (tertiary/aromatic N) is 1. The maximum absolute atomic E-state index is 11.7. The molecule has 0 atom stereocenters. The zero-order valence-electron chi connectivity index (χ0n) is 9.79. The van der Waals surface area contributed by atoms with Crippen molar-refractivity contribution < 1.29 is 9.53 Å². The summed E-state index contributed by atoms with van der Waals surface area (Å²) in [7, 11) is 1.98. The average molecular weight is 230 g/mol. The van der Waals surface area contributed by atoms with Gasteiger partial charge in [0.25, 0.3) is 0 Å². The Kier molecular flexibility index (Phi) is 8.21. The molecule has 96 valence electrons. The molecule has 1 amide bonds. The first kappa shape index (κ1) is 15.4. The van der Waals surface area contributed by atoms with Gasteiger partial charge in [0, 0.05) is 25.7 Å². The summed E-state index contributed by atoms with van der Waals surface area (Å²) in [5.41, 5.74) is 0. The summed E-state index contributed by atoms with van der Waals surface area (Å²) in [5, 5.41) is 3.25. The van der Waals surface area contributed by atoms with Gasteiger partial charge in [-0.2, -0.15) is 0 Å². The lowest BCUT2D eigenvalue weighted by molar-refractivity contribution is -0.133. The molecule has 0 aromatic heterocycles. The second kappa shape index (κ2) is 8.53. The summed E-state index contributed by atoms with van der Waals surface area (Å²) in [6.45, 7) is 4.96. The van der Waals surface area contributed by atoms with Crippen LogP contribution in [-0.2, 0) is 9.53 Å². The number of nitrogens with one attached hydrogen (secondary N) is 1. The Balaban J connectivity index is 0.00000225. The van der Waals surface area contributed by atoms with Gasteiger partial charge in [-0.05, 0) is 26.8 Å².